The molecule has 0 radical (unpaired) electrons. The molecule has 0 spiro atoms. The Balaban J connectivity index is 1.80. The monoisotopic (exact) mass is 304 g/mol. The molecule has 1 aromatic carbocycles. The second-order valence-electron chi connectivity index (χ2n) is 6.34. The molecule has 1 N–H and O–H groups in total. The van der Waals surface area contributed by atoms with Crippen LogP contribution in [0.2, 0.25) is 0 Å². The zero-order valence-electron chi connectivity index (χ0n) is 14.0. The average molecular weight is 304 g/mol. The standard InChI is InChI=1S/C18H28N2O2/c1-14(2)22-17-11-9-15(10-12-17)19-13-18(21)20(3)16-7-5-4-6-8-16/h9-12,14,16,19H,4-8,13H2,1-3H3. The Kier molecular flexibility index (Phi) is 6.10. The van der Waals surface area contributed by atoms with Gasteiger partial charge in [0.1, 0.15) is 5.75 Å². The molecule has 0 aromatic heterocycles. The van der Waals surface area contributed by atoms with Crippen molar-refractivity contribution in [2.75, 3.05) is 18.9 Å². The lowest BCUT2D eigenvalue weighted by Gasteiger charge is -2.31. The predicted octanol–water partition coefficient (Wildman–Crippen LogP) is 3.68. The van der Waals surface area contributed by atoms with E-state index in [1.165, 1.54) is 19.3 Å². The summed E-state index contributed by atoms with van der Waals surface area (Å²) in [6, 6.07) is 8.18. The maximum atomic E-state index is 12.3. The highest BCUT2D eigenvalue weighted by Gasteiger charge is 2.21. The number of hydrogen-bond acceptors (Lipinski definition) is 3. The summed E-state index contributed by atoms with van der Waals surface area (Å²) in [6.45, 7) is 4.36. The fraction of sp³-hybridized carbons (Fsp3) is 0.611. The molecule has 22 heavy (non-hydrogen) atoms. The Bertz CT molecular complexity index is 464. The molecule has 122 valence electrons. The number of likely N-dealkylation sites (N-methyl/N-ethyl adjacent to an activating group) is 1. The highest BCUT2D eigenvalue weighted by atomic mass is 16.5. The maximum absolute atomic E-state index is 12.3. The van der Waals surface area contributed by atoms with E-state index in [4.69, 9.17) is 4.74 Å². The Morgan fingerprint density at radius 2 is 1.86 bits per heavy atom. The minimum atomic E-state index is 0.161. The van der Waals surface area contributed by atoms with Gasteiger partial charge in [-0.25, -0.2) is 0 Å². The lowest BCUT2D eigenvalue weighted by molar-refractivity contribution is -0.130. The normalized spacial score (nSPS) is 15.6. The molecule has 4 nitrogen and oxygen atoms in total. The molecule has 1 amide bonds. The Morgan fingerprint density at radius 3 is 2.45 bits per heavy atom. The lowest BCUT2D eigenvalue weighted by atomic mass is 9.94. The zero-order chi connectivity index (χ0) is 15.9. The van der Waals surface area contributed by atoms with Gasteiger partial charge in [-0.2, -0.15) is 0 Å². The quantitative estimate of drug-likeness (QED) is 0.871. The van der Waals surface area contributed by atoms with Crippen LogP contribution in [0.4, 0.5) is 5.69 Å². The summed E-state index contributed by atoms with van der Waals surface area (Å²) in [5.74, 6) is 1.01. The van der Waals surface area contributed by atoms with Gasteiger partial charge in [0.2, 0.25) is 5.91 Å². The van der Waals surface area contributed by atoms with Gasteiger partial charge >= 0.3 is 0 Å². The number of carbonyl (C=O) groups excluding carboxylic acids is 1. The van der Waals surface area contributed by atoms with E-state index in [0.717, 1.165) is 24.3 Å². The Hall–Kier alpha value is -1.71. The number of benzene rings is 1. The summed E-state index contributed by atoms with van der Waals surface area (Å²) in [4.78, 5) is 14.2. The molecule has 0 bridgehead atoms. The van der Waals surface area contributed by atoms with E-state index in [1.54, 1.807) is 0 Å². The Morgan fingerprint density at radius 1 is 1.23 bits per heavy atom. The molecule has 2 rings (SSSR count). The van der Waals surface area contributed by atoms with E-state index in [0.29, 0.717) is 12.6 Å². The minimum Gasteiger partial charge on any atom is -0.491 e. The number of carbonyl (C=O) groups is 1. The second-order valence-corrected chi connectivity index (χ2v) is 6.34. The number of ether oxygens (including phenoxy) is 1. The molecular weight excluding hydrogens is 276 g/mol. The largest absolute Gasteiger partial charge is 0.491 e. The molecule has 1 saturated carbocycles. The van der Waals surface area contributed by atoms with Gasteiger partial charge in [0.15, 0.2) is 0 Å². The van der Waals surface area contributed by atoms with Crippen molar-refractivity contribution < 1.29 is 9.53 Å². The smallest absolute Gasteiger partial charge is 0.241 e. The number of amides is 1. The molecule has 0 unspecified atom stereocenters. The van der Waals surface area contributed by atoms with E-state index in [1.807, 2.05) is 50.1 Å². The first-order valence-corrected chi connectivity index (χ1v) is 8.32. The van der Waals surface area contributed by atoms with Crippen molar-refractivity contribution in [3.05, 3.63) is 24.3 Å². The fourth-order valence-electron chi connectivity index (χ4n) is 2.90. The Labute approximate surface area is 133 Å². The lowest BCUT2D eigenvalue weighted by Crippen LogP contribution is -2.41. The third-order valence-corrected chi connectivity index (χ3v) is 4.19. The molecule has 4 heteroatoms. The number of nitrogens with one attached hydrogen (secondary N) is 1. The van der Waals surface area contributed by atoms with Gasteiger partial charge in [0.25, 0.3) is 0 Å². The number of rotatable bonds is 6. The molecular formula is C18H28N2O2. The first-order valence-electron chi connectivity index (χ1n) is 8.32. The molecule has 0 atom stereocenters. The molecule has 0 heterocycles. The molecule has 0 aliphatic heterocycles. The van der Waals surface area contributed by atoms with Crippen LogP contribution in [0, 0.1) is 0 Å². The third-order valence-electron chi connectivity index (χ3n) is 4.19. The molecule has 1 aliphatic rings. The third kappa shape index (κ3) is 4.93. The van der Waals surface area contributed by atoms with Crippen molar-refractivity contribution in [1.82, 2.24) is 4.90 Å². The summed E-state index contributed by atoms with van der Waals surface area (Å²) in [6.07, 6.45) is 6.25. The first kappa shape index (κ1) is 16.7. The topological polar surface area (TPSA) is 41.6 Å². The van der Waals surface area contributed by atoms with Gasteiger partial charge in [0.05, 0.1) is 12.6 Å². The van der Waals surface area contributed by atoms with Gasteiger partial charge in [-0.1, -0.05) is 19.3 Å². The van der Waals surface area contributed by atoms with Crippen molar-refractivity contribution in [2.45, 2.75) is 58.1 Å². The van der Waals surface area contributed by atoms with Crippen LogP contribution >= 0.6 is 0 Å². The maximum Gasteiger partial charge on any atom is 0.241 e. The van der Waals surface area contributed by atoms with Crippen LogP contribution < -0.4 is 10.1 Å². The van der Waals surface area contributed by atoms with Crippen LogP contribution in [0.1, 0.15) is 46.0 Å². The fourth-order valence-corrected chi connectivity index (χ4v) is 2.90. The van der Waals surface area contributed by atoms with E-state index in [-0.39, 0.29) is 12.0 Å². The average Bonchev–Trinajstić information content (AvgIpc) is 2.53. The minimum absolute atomic E-state index is 0.161. The van der Waals surface area contributed by atoms with Crippen molar-refractivity contribution in [3.8, 4) is 5.75 Å². The highest BCUT2D eigenvalue weighted by molar-refractivity contribution is 5.81. The van der Waals surface area contributed by atoms with Crippen LogP contribution in [-0.2, 0) is 4.79 Å². The van der Waals surface area contributed by atoms with Crippen molar-refractivity contribution in [3.63, 3.8) is 0 Å². The summed E-state index contributed by atoms with van der Waals surface area (Å²) in [5.41, 5.74) is 0.946. The van der Waals surface area contributed by atoms with E-state index < -0.39 is 0 Å². The summed E-state index contributed by atoms with van der Waals surface area (Å²) in [5, 5.41) is 3.20. The molecule has 1 fully saturated rings. The van der Waals surface area contributed by atoms with Crippen LogP contribution in [0.3, 0.4) is 0 Å². The highest BCUT2D eigenvalue weighted by Crippen LogP contribution is 2.22. The van der Waals surface area contributed by atoms with Crippen LogP contribution in [0.5, 0.6) is 5.75 Å². The van der Waals surface area contributed by atoms with Gasteiger partial charge in [-0.3, -0.25) is 4.79 Å². The van der Waals surface area contributed by atoms with E-state index in [9.17, 15) is 4.79 Å². The van der Waals surface area contributed by atoms with Crippen molar-refractivity contribution in [2.24, 2.45) is 0 Å². The van der Waals surface area contributed by atoms with Gasteiger partial charge in [-0.15, -0.1) is 0 Å². The SMILES string of the molecule is CC(C)Oc1ccc(NCC(=O)N(C)C2CCCCC2)cc1. The van der Waals surface area contributed by atoms with Gasteiger partial charge in [0, 0.05) is 18.8 Å². The van der Waals surface area contributed by atoms with Gasteiger partial charge in [-0.05, 0) is 51.0 Å². The molecule has 1 aromatic rings. The number of hydrogen-bond donors (Lipinski definition) is 1. The van der Waals surface area contributed by atoms with Crippen molar-refractivity contribution >= 4 is 11.6 Å². The van der Waals surface area contributed by atoms with E-state index >= 15 is 0 Å². The first-order chi connectivity index (χ1) is 10.6. The predicted molar refractivity (Wildman–Crippen MR) is 90.3 cm³/mol. The van der Waals surface area contributed by atoms with Gasteiger partial charge < -0.3 is 15.0 Å². The van der Waals surface area contributed by atoms with Crippen LogP contribution in [-0.4, -0.2) is 36.5 Å². The molecule has 1 aliphatic carbocycles. The van der Waals surface area contributed by atoms with Crippen molar-refractivity contribution in [1.29, 1.82) is 0 Å². The summed E-state index contributed by atoms with van der Waals surface area (Å²) in [7, 11) is 1.93. The van der Waals surface area contributed by atoms with Crippen LogP contribution in [0.15, 0.2) is 24.3 Å². The van der Waals surface area contributed by atoms with E-state index in [2.05, 4.69) is 5.32 Å². The summed E-state index contributed by atoms with van der Waals surface area (Å²) >= 11 is 0. The second kappa shape index (κ2) is 8.06. The zero-order valence-corrected chi connectivity index (χ0v) is 14.0. The number of anilines is 1. The van der Waals surface area contributed by atoms with Crippen LogP contribution in [0.25, 0.3) is 0 Å². The molecule has 0 saturated heterocycles. The summed E-state index contributed by atoms with van der Waals surface area (Å²) < 4.78 is 5.61. The number of nitrogens with zero attached hydrogens (tertiary/aromatic N) is 1.